The third-order valence-electron chi connectivity index (χ3n) is 3.57. The number of nitrogens with zero attached hydrogens (tertiary/aromatic N) is 3. The van der Waals surface area contributed by atoms with E-state index in [4.69, 9.17) is 0 Å². The fraction of sp³-hybridized carbons (Fsp3) is 0.286. The van der Waals surface area contributed by atoms with Crippen molar-refractivity contribution in [3.63, 3.8) is 0 Å². The van der Waals surface area contributed by atoms with Gasteiger partial charge in [0.15, 0.2) is 0 Å². The molecule has 6 nitrogen and oxygen atoms in total. The minimum Gasteiger partial charge on any atom is -0.270 e. The number of rotatable bonds is 4. The molecular formula is C14H13F2N3O3S. The zero-order chi connectivity index (χ0) is 16.8. The second kappa shape index (κ2) is 5.41. The molecule has 122 valence electrons. The smallest absolute Gasteiger partial charge is 0.269 e. The van der Waals surface area contributed by atoms with Crippen LogP contribution in [0, 0.1) is 12.7 Å². The molecule has 0 aliphatic carbocycles. The van der Waals surface area contributed by atoms with E-state index in [1.807, 2.05) is 0 Å². The third-order valence-corrected chi connectivity index (χ3v) is 5.50. The standard InChI is InChI=1S/C14H13F2N3O3S/c1-9-4-11(16)5-12-13(9)23(21,22)19(14(12)20)8-10-6-17-18(7-10)3-2-15/h4-7H,2-3,8H2,1H3. The van der Waals surface area contributed by atoms with Gasteiger partial charge in [-0.2, -0.15) is 5.10 Å². The van der Waals surface area contributed by atoms with Crippen molar-refractivity contribution in [1.29, 1.82) is 0 Å². The summed E-state index contributed by atoms with van der Waals surface area (Å²) in [7, 11) is -4.04. The van der Waals surface area contributed by atoms with Crippen molar-refractivity contribution in [2.75, 3.05) is 6.67 Å². The zero-order valence-electron chi connectivity index (χ0n) is 12.2. The largest absolute Gasteiger partial charge is 0.270 e. The Morgan fingerprint density at radius 1 is 1.30 bits per heavy atom. The van der Waals surface area contributed by atoms with Crippen molar-refractivity contribution in [3.8, 4) is 0 Å². The number of hydrogen-bond donors (Lipinski definition) is 0. The maximum absolute atomic E-state index is 13.5. The van der Waals surface area contributed by atoms with Gasteiger partial charge in [0.1, 0.15) is 17.4 Å². The van der Waals surface area contributed by atoms with Gasteiger partial charge < -0.3 is 0 Å². The van der Waals surface area contributed by atoms with Crippen molar-refractivity contribution in [3.05, 3.63) is 47.0 Å². The summed E-state index contributed by atoms with van der Waals surface area (Å²) in [6.45, 7) is 0.649. The summed E-state index contributed by atoms with van der Waals surface area (Å²) in [4.78, 5) is 12.2. The molecule has 0 bridgehead atoms. The monoisotopic (exact) mass is 341 g/mol. The molecule has 1 amide bonds. The van der Waals surface area contributed by atoms with Crippen LogP contribution >= 0.6 is 0 Å². The Hall–Kier alpha value is -2.29. The van der Waals surface area contributed by atoms with Crippen LogP contribution in [0.15, 0.2) is 29.4 Å². The van der Waals surface area contributed by atoms with Crippen molar-refractivity contribution in [1.82, 2.24) is 14.1 Å². The van der Waals surface area contributed by atoms with Gasteiger partial charge in [0.2, 0.25) is 0 Å². The SMILES string of the molecule is Cc1cc(F)cc2c1S(=O)(=O)N(Cc1cnn(CCF)c1)C2=O. The highest BCUT2D eigenvalue weighted by molar-refractivity contribution is 7.90. The van der Waals surface area contributed by atoms with Crippen molar-refractivity contribution in [2.45, 2.75) is 24.9 Å². The number of aryl methyl sites for hydroxylation is 2. The number of sulfonamides is 1. The lowest BCUT2D eigenvalue weighted by molar-refractivity contribution is 0.0864. The fourth-order valence-corrected chi connectivity index (χ4v) is 4.35. The number of carbonyl (C=O) groups is 1. The van der Waals surface area contributed by atoms with Gasteiger partial charge in [0.25, 0.3) is 15.9 Å². The van der Waals surface area contributed by atoms with Gasteiger partial charge in [-0.15, -0.1) is 0 Å². The van der Waals surface area contributed by atoms with Crippen LogP contribution in [0.3, 0.4) is 0 Å². The van der Waals surface area contributed by atoms with Gasteiger partial charge in [-0.25, -0.2) is 21.5 Å². The van der Waals surface area contributed by atoms with Gasteiger partial charge in [0.05, 0.1) is 24.8 Å². The van der Waals surface area contributed by atoms with Crippen molar-refractivity contribution in [2.24, 2.45) is 0 Å². The maximum Gasteiger partial charge on any atom is 0.269 e. The van der Waals surface area contributed by atoms with Gasteiger partial charge in [0, 0.05) is 11.8 Å². The van der Waals surface area contributed by atoms with E-state index in [1.54, 1.807) is 0 Å². The summed E-state index contributed by atoms with van der Waals surface area (Å²) >= 11 is 0. The van der Waals surface area contributed by atoms with Crippen LogP contribution in [0.5, 0.6) is 0 Å². The zero-order valence-corrected chi connectivity index (χ0v) is 13.0. The van der Waals surface area contributed by atoms with Crippen molar-refractivity contribution >= 4 is 15.9 Å². The lowest BCUT2D eigenvalue weighted by Gasteiger charge is -2.14. The Balaban J connectivity index is 1.98. The second-order valence-electron chi connectivity index (χ2n) is 5.22. The quantitative estimate of drug-likeness (QED) is 0.848. The molecule has 2 aromatic rings. The first-order valence-corrected chi connectivity index (χ1v) is 8.23. The van der Waals surface area contributed by atoms with Gasteiger partial charge in [-0.1, -0.05) is 0 Å². The molecule has 1 aromatic heterocycles. The molecular weight excluding hydrogens is 328 g/mol. The average molecular weight is 341 g/mol. The molecule has 0 atom stereocenters. The summed E-state index contributed by atoms with van der Waals surface area (Å²) in [5, 5.41) is 3.89. The van der Waals surface area contributed by atoms with Crippen LogP contribution in [0.2, 0.25) is 0 Å². The molecule has 3 rings (SSSR count). The molecule has 9 heteroatoms. The van der Waals surface area contributed by atoms with Crippen LogP contribution in [-0.2, 0) is 23.1 Å². The average Bonchev–Trinajstić information content (AvgIpc) is 2.96. The van der Waals surface area contributed by atoms with E-state index in [1.165, 1.54) is 24.0 Å². The first kappa shape index (κ1) is 15.6. The summed E-state index contributed by atoms with van der Waals surface area (Å²) in [6.07, 6.45) is 2.84. The number of amides is 1. The summed E-state index contributed by atoms with van der Waals surface area (Å²) in [6, 6.07) is 2.00. The minimum absolute atomic E-state index is 0.0469. The molecule has 0 unspecified atom stereocenters. The highest BCUT2D eigenvalue weighted by atomic mass is 32.2. The lowest BCUT2D eigenvalue weighted by Crippen LogP contribution is -2.29. The number of aromatic nitrogens is 2. The summed E-state index contributed by atoms with van der Waals surface area (Å²) < 4.78 is 52.9. The Kier molecular flexibility index (Phi) is 3.67. The first-order chi connectivity index (χ1) is 10.8. The normalized spacial score (nSPS) is 16.0. The number of halogens is 2. The summed E-state index contributed by atoms with van der Waals surface area (Å²) in [5.41, 5.74) is 0.462. The predicted octanol–water partition coefficient (Wildman–Crippen LogP) is 1.64. The number of hydrogen-bond acceptors (Lipinski definition) is 4. The molecule has 23 heavy (non-hydrogen) atoms. The molecule has 1 aromatic carbocycles. The molecule has 2 heterocycles. The predicted molar refractivity (Wildman–Crippen MR) is 76.4 cm³/mol. The summed E-state index contributed by atoms with van der Waals surface area (Å²) in [5.74, 6) is -1.44. The van der Waals surface area contributed by atoms with Gasteiger partial charge in [-0.05, 0) is 24.6 Å². The first-order valence-electron chi connectivity index (χ1n) is 6.79. The Bertz CT molecular complexity index is 893. The lowest BCUT2D eigenvalue weighted by atomic mass is 10.1. The van der Waals surface area contributed by atoms with E-state index in [0.29, 0.717) is 9.87 Å². The molecule has 0 saturated heterocycles. The number of carbonyl (C=O) groups excluding carboxylic acids is 1. The topological polar surface area (TPSA) is 72.3 Å². The maximum atomic E-state index is 13.5. The molecule has 0 fully saturated rings. The Morgan fingerprint density at radius 3 is 2.74 bits per heavy atom. The Labute approximate surface area is 131 Å². The Morgan fingerprint density at radius 2 is 2.04 bits per heavy atom. The molecule has 0 saturated carbocycles. The van der Waals surface area contributed by atoms with E-state index in [0.717, 1.165) is 12.1 Å². The van der Waals surface area contributed by atoms with E-state index >= 15 is 0 Å². The number of alkyl halides is 1. The van der Waals surface area contributed by atoms with E-state index in [9.17, 15) is 22.0 Å². The van der Waals surface area contributed by atoms with Gasteiger partial charge in [-0.3, -0.25) is 9.48 Å². The minimum atomic E-state index is -4.04. The van der Waals surface area contributed by atoms with E-state index in [-0.39, 0.29) is 29.1 Å². The molecule has 0 radical (unpaired) electrons. The molecule has 0 N–H and O–H groups in total. The molecule has 1 aliphatic rings. The van der Waals surface area contributed by atoms with Crippen LogP contribution in [0.25, 0.3) is 0 Å². The van der Waals surface area contributed by atoms with Crippen LogP contribution in [0.1, 0.15) is 21.5 Å². The molecule has 0 spiro atoms. The molecule has 1 aliphatic heterocycles. The number of fused-ring (bicyclic) bond motifs is 1. The highest BCUT2D eigenvalue weighted by Crippen LogP contribution is 2.34. The number of benzene rings is 1. The van der Waals surface area contributed by atoms with E-state index < -0.39 is 28.4 Å². The van der Waals surface area contributed by atoms with Crippen LogP contribution < -0.4 is 0 Å². The van der Waals surface area contributed by atoms with Crippen LogP contribution in [0.4, 0.5) is 8.78 Å². The van der Waals surface area contributed by atoms with Crippen LogP contribution in [-0.4, -0.2) is 35.1 Å². The fourth-order valence-electron chi connectivity index (χ4n) is 2.60. The van der Waals surface area contributed by atoms with Gasteiger partial charge >= 0.3 is 0 Å². The third kappa shape index (κ3) is 2.50. The highest BCUT2D eigenvalue weighted by Gasteiger charge is 2.42. The van der Waals surface area contributed by atoms with E-state index in [2.05, 4.69) is 5.10 Å². The second-order valence-corrected chi connectivity index (χ2v) is 7.02. The van der Waals surface area contributed by atoms with Crippen molar-refractivity contribution < 1.29 is 22.0 Å².